The smallest absolute Gasteiger partial charge is 0.374 e. The third-order valence-electron chi connectivity index (χ3n) is 3.79. The van der Waals surface area contributed by atoms with Gasteiger partial charge in [-0.05, 0) is 38.0 Å². The minimum atomic E-state index is -3.90. The van der Waals surface area contributed by atoms with Crippen LogP contribution in [-0.4, -0.2) is 20.5 Å². The molecular weight excluding hydrogens is 294 g/mol. The summed E-state index contributed by atoms with van der Waals surface area (Å²) in [5.41, 5.74) is 0. The van der Waals surface area contributed by atoms with Crippen molar-refractivity contribution in [3.63, 3.8) is 0 Å². The van der Waals surface area contributed by atoms with Crippen molar-refractivity contribution in [2.75, 3.05) is 0 Å². The number of furan rings is 1. The number of nitrogens with two attached hydrogens (primary N) is 1. The van der Waals surface area contributed by atoms with Gasteiger partial charge in [-0.25, -0.2) is 18.4 Å². The van der Waals surface area contributed by atoms with Crippen LogP contribution in [0.3, 0.4) is 0 Å². The second-order valence-corrected chi connectivity index (χ2v) is 7.55. The summed E-state index contributed by atoms with van der Waals surface area (Å²) in [5.74, 6) is 0.339. The standard InChI is InChI=1S/C14H21NO5S/c1-8-4-9(2)6-11(5-8)20-14(16)12-7-13(10(3)19-12)21(15,17)18/h7-9,11H,4-6H2,1-3H3,(H2,15,17,18). The second kappa shape index (κ2) is 5.81. The van der Waals surface area contributed by atoms with Crippen LogP contribution in [0.5, 0.6) is 0 Å². The molecule has 2 unspecified atom stereocenters. The van der Waals surface area contributed by atoms with Gasteiger partial charge < -0.3 is 9.15 Å². The molecule has 1 aliphatic carbocycles. The third-order valence-corrected chi connectivity index (χ3v) is 4.81. The highest BCUT2D eigenvalue weighted by Crippen LogP contribution is 2.31. The first-order valence-electron chi connectivity index (χ1n) is 7.01. The Bertz CT molecular complexity index is 624. The molecule has 118 valence electrons. The fourth-order valence-electron chi connectivity index (χ4n) is 3.03. The van der Waals surface area contributed by atoms with E-state index >= 15 is 0 Å². The van der Waals surface area contributed by atoms with Gasteiger partial charge in [-0.2, -0.15) is 0 Å². The topological polar surface area (TPSA) is 99.6 Å². The Kier molecular flexibility index (Phi) is 4.43. The highest BCUT2D eigenvalue weighted by atomic mass is 32.2. The average Bonchev–Trinajstić information content (AvgIpc) is 2.69. The fourth-order valence-corrected chi connectivity index (χ4v) is 3.74. The lowest BCUT2D eigenvalue weighted by Gasteiger charge is -2.30. The first-order valence-corrected chi connectivity index (χ1v) is 8.55. The maximum absolute atomic E-state index is 12.1. The number of hydrogen-bond donors (Lipinski definition) is 1. The second-order valence-electron chi connectivity index (χ2n) is 6.02. The molecule has 0 bridgehead atoms. The molecule has 0 amide bonds. The number of aryl methyl sites for hydroxylation is 1. The number of carbonyl (C=O) groups excluding carboxylic acids is 1. The zero-order valence-electron chi connectivity index (χ0n) is 12.5. The third kappa shape index (κ3) is 3.85. The molecule has 2 N–H and O–H groups in total. The van der Waals surface area contributed by atoms with Crippen LogP contribution >= 0.6 is 0 Å². The van der Waals surface area contributed by atoms with Gasteiger partial charge in [-0.1, -0.05) is 13.8 Å². The summed E-state index contributed by atoms with van der Waals surface area (Å²) >= 11 is 0. The van der Waals surface area contributed by atoms with Gasteiger partial charge in [0.25, 0.3) is 0 Å². The van der Waals surface area contributed by atoms with E-state index in [-0.39, 0.29) is 22.5 Å². The van der Waals surface area contributed by atoms with E-state index in [0.717, 1.165) is 25.3 Å². The van der Waals surface area contributed by atoms with Gasteiger partial charge in [0.1, 0.15) is 16.8 Å². The number of ether oxygens (including phenoxy) is 1. The van der Waals surface area contributed by atoms with Gasteiger partial charge >= 0.3 is 5.97 Å². The Hall–Kier alpha value is -1.34. The molecule has 1 heterocycles. The van der Waals surface area contributed by atoms with Crippen LogP contribution in [0.4, 0.5) is 0 Å². The molecular formula is C14H21NO5S. The summed E-state index contributed by atoms with van der Waals surface area (Å²) in [7, 11) is -3.90. The van der Waals surface area contributed by atoms with Crippen molar-refractivity contribution >= 4 is 16.0 Å². The van der Waals surface area contributed by atoms with Crippen molar-refractivity contribution in [1.29, 1.82) is 0 Å². The van der Waals surface area contributed by atoms with Crippen molar-refractivity contribution in [3.05, 3.63) is 17.6 Å². The lowest BCUT2D eigenvalue weighted by atomic mass is 9.82. The number of rotatable bonds is 3. The number of carbonyl (C=O) groups is 1. The van der Waals surface area contributed by atoms with E-state index in [1.807, 2.05) is 0 Å². The maximum Gasteiger partial charge on any atom is 0.374 e. The van der Waals surface area contributed by atoms with Crippen LogP contribution in [0, 0.1) is 18.8 Å². The number of sulfonamides is 1. The molecule has 0 radical (unpaired) electrons. The van der Waals surface area contributed by atoms with E-state index in [1.165, 1.54) is 6.92 Å². The molecule has 1 aliphatic rings. The maximum atomic E-state index is 12.1. The number of hydrogen-bond acceptors (Lipinski definition) is 5. The van der Waals surface area contributed by atoms with Crippen LogP contribution in [0.25, 0.3) is 0 Å². The van der Waals surface area contributed by atoms with Crippen molar-refractivity contribution in [1.82, 2.24) is 0 Å². The number of esters is 1. The lowest BCUT2D eigenvalue weighted by molar-refractivity contribution is 0.00489. The fraction of sp³-hybridized carbons (Fsp3) is 0.643. The Morgan fingerprint density at radius 3 is 2.33 bits per heavy atom. The van der Waals surface area contributed by atoms with E-state index in [2.05, 4.69) is 13.8 Å². The predicted molar refractivity (Wildman–Crippen MR) is 76.2 cm³/mol. The molecule has 0 aromatic carbocycles. The van der Waals surface area contributed by atoms with Crippen LogP contribution in [0.1, 0.15) is 49.4 Å². The summed E-state index contributed by atoms with van der Waals surface area (Å²) in [5, 5.41) is 5.05. The van der Waals surface area contributed by atoms with Gasteiger partial charge in [-0.3, -0.25) is 0 Å². The van der Waals surface area contributed by atoms with Crippen LogP contribution in [0.2, 0.25) is 0 Å². The average molecular weight is 315 g/mol. The first-order chi connectivity index (χ1) is 9.66. The predicted octanol–water partition coefficient (Wildman–Crippen LogP) is 2.22. The van der Waals surface area contributed by atoms with Gasteiger partial charge in [-0.15, -0.1) is 0 Å². The zero-order chi connectivity index (χ0) is 15.8. The van der Waals surface area contributed by atoms with E-state index in [9.17, 15) is 13.2 Å². The lowest BCUT2D eigenvalue weighted by Crippen LogP contribution is -2.28. The minimum Gasteiger partial charge on any atom is -0.457 e. The molecule has 2 atom stereocenters. The summed E-state index contributed by atoms with van der Waals surface area (Å²) in [6.45, 7) is 5.71. The molecule has 1 aromatic heterocycles. The minimum absolute atomic E-state index is 0.0924. The van der Waals surface area contributed by atoms with Gasteiger partial charge in [0.05, 0.1) is 0 Å². The largest absolute Gasteiger partial charge is 0.457 e. The van der Waals surface area contributed by atoms with Crippen molar-refractivity contribution < 1.29 is 22.4 Å². The van der Waals surface area contributed by atoms with Crippen LogP contribution < -0.4 is 5.14 Å². The van der Waals surface area contributed by atoms with E-state index in [4.69, 9.17) is 14.3 Å². The van der Waals surface area contributed by atoms with Gasteiger partial charge in [0.2, 0.25) is 15.8 Å². The molecule has 1 saturated carbocycles. The molecule has 2 rings (SSSR count). The monoisotopic (exact) mass is 315 g/mol. The highest BCUT2D eigenvalue weighted by Gasteiger charge is 2.29. The molecule has 1 fully saturated rings. The Morgan fingerprint density at radius 2 is 1.86 bits per heavy atom. The zero-order valence-corrected chi connectivity index (χ0v) is 13.3. The van der Waals surface area contributed by atoms with Gasteiger partial charge in [0, 0.05) is 6.07 Å². The van der Waals surface area contributed by atoms with Crippen LogP contribution in [-0.2, 0) is 14.8 Å². The van der Waals surface area contributed by atoms with Crippen molar-refractivity contribution in [2.24, 2.45) is 17.0 Å². The summed E-state index contributed by atoms with van der Waals surface area (Å²) in [6, 6.07) is 1.13. The summed E-state index contributed by atoms with van der Waals surface area (Å²) in [4.78, 5) is 11.9. The SMILES string of the molecule is Cc1oc(C(=O)OC2CC(C)CC(C)C2)cc1S(N)(=O)=O. The molecule has 0 saturated heterocycles. The molecule has 0 spiro atoms. The Morgan fingerprint density at radius 1 is 1.29 bits per heavy atom. The van der Waals surface area contributed by atoms with Crippen molar-refractivity contribution in [3.8, 4) is 0 Å². The molecule has 0 aliphatic heterocycles. The van der Waals surface area contributed by atoms with E-state index in [0.29, 0.717) is 11.8 Å². The van der Waals surface area contributed by atoms with Crippen molar-refractivity contribution in [2.45, 2.75) is 51.0 Å². The summed E-state index contributed by atoms with van der Waals surface area (Å²) < 4.78 is 33.3. The van der Waals surface area contributed by atoms with E-state index in [1.54, 1.807) is 0 Å². The van der Waals surface area contributed by atoms with Gasteiger partial charge in [0.15, 0.2) is 0 Å². The highest BCUT2D eigenvalue weighted by molar-refractivity contribution is 7.89. The van der Waals surface area contributed by atoms with Crippen LogP contribution in [0.15, 0.2) is 15.4 Å². The molecule has 21 heavy (non-hydrogen) atoms. The first kappa shape index (κ1) is 16.0. The molecule has 6 nitrogen and oxygen atoms in total. The molecule has 7 heteroatoms. The Balaban J connectivity index is 2.11. The summed E-state index contributed by atoms with van der Waals surface area (Å²) in [6.07, 6.45) is 2.61. The number of primary sulfonamides is 1. The van der Waals surface area contributed by atoms with E-state index < -0.39 is 16.0 Å². The quantitative estimate of drug-likeness (QED) is 0.862. The normalized spacial score (nSPS) is 26.6. The molecule has 1 aromatic rings. The Labute approximate surface area is 124 Å².